The smallest absolute Gasteiger partial charge is 0.0457 e. The summed E-state index contributed by atoms with van der Waals surface area (Å²) in [6, 6.07) is 9.06. The van der Waals surface area contributed by atoms with E-state index in [0.29, 0.717) is 6.04 Å². The Morgan fingerprint density at radius 3 is 3.05 bits per heavy atom. The second kappa shape index (κ2) is 5.35. The first-order valence-electron chi connectivity index (χ1n) is 7.27. The third-order valence-corrected chi connectivity index (χ3v) is 4.42. The second-order valence-electron chi connectivity index (χ2n) is 5.85. The molecule has 1 aliphatic heterocycles. The van der Waals surface area contributed by atoms with Gasteiger partial charge in [-0.25, -0.2) is 0 Å². The van der Waals surface area contributed by atoms with E-state index < -0.39 is 0 Å². The van der Waals surface area contributed by atoms with E-state index in [9.17, 15) is 0 Å². The fourth-order valence-electron chi connectivity index (χ4n) is 3.23. The van der Waals surface area contributed by atoms with Gasteiger partial charge in [-0.05, 0) is 36.9 Å². The van der Waals surface area contributed by atoms with E-state index in [1.54, 1.807) is 0 Å². The molecule has 0 amide bonds. The highest BCUT2D eigenvalue weighted by atomic mass is 15.2. The highest BCUT2D eigenvalue weighted by molar-refractivity contribution is 5.82. The molecule has 19 heavy (non-hydrogen) atoms. The minimum absolute atomic E-state index is 0.539. The lowest BCUT2D eigenvalue weighted by Gasteiger charge is -2.37. The third-order valence-electron chi connectivity index (χ3n) is 4.42. The molecule has 2 aromatic rings. The number of hydrogen-bond acceptors (Lipinski definition) is 2. The topological polar surface area (TPSA) is 45.0 Å². The van der Waals surface area contributed by atoms with Gasteiger partial charge in [0.2, 0.25) is 0 Å². The molecule has 102 valence electrons. The zero-order chi connectivity index (χ0) is 13.2. The Labute approximate surface area is 114 Å². The molecule has 2 atom stereocenters. The lowest BCUT2D eigenvalue weighted by atomic mass is 9.92. The van der Waals surface area contributed by atoms with Crippen LogP contribution in [0.5, 0.6) is 0 Å². The highest BCUT2D eigenvalue weighted by Gasteiger charge is 2.25. The van der Waals surface area contributed by atoms with E-state index in [2.05, 4.69) is 47.3 Å². The summed E-state index contributed by atoms with van der Waals surface area (Å²) in [5.41, 5.74) is 8.57. The summed E-state index contributed by atoms with van der Waals surface area (Å²) in [6.45, 7) is 5.29. The molecule has 0 aliphatic carbocycles. The molecule has 3 heteroatoms. The number of benzene rings is 1. The number of nitrogens with one attached hydrogen (secondary N) is 1. The number of fused-ring (bicyclic) bond motifs is 1. The van der Waals surface area contributed by atoms with Crippen molar-refractivity contribution < 1.29 is 0 Å². The van der Waals surface area contributed by atoms with Gasteiger partial charge >= 0.3 is 0 Å². The van der Waals surface area contributed by atoms with Crippen molar-refractivity contribution in [1.29, 1.82) is 0 Å². The number of nitrogens with two attached hydrogens (primary N) is 1. The van der Waals surface area contributed by atoms with Crippen LogP contribution in [-0.2, 0) is 6.54 Å². The van der Waals surface area contributed by atoms with Crippen LogP contribution in [0.25, 0.3) is 10.9 Å². The number of piperidine rings is 1. The average molecular weight is 257 g/mol. The summed E-state index contributed by atoms with van der Waals surface area (Å²) in [6.07, 6.45) is 4.67. The van der Waals surface area contributed by atoms with Gasteiger partial charge in [0.1, 0.15) is 0 Å². The molecule has 2 unspecified atom stereocenters. The van der Waals surface area contributed by atoms with Crippen LogP contribution in [0, 0.1) is 5.92 Å². The summed E-state index contributed by atoms with van der Waals surface area (Å²) < 4.78 is 0. The SMILES string of the molecule is CC1CCN(Cc2c[nH]c3ccccc23)C(CN)C1. The number of H-pyrrole nitrogens is 1. The lowest BCUT2D eigenvalue weighted by Crippen LogP contribution is -2.45. The van der Waals surface area contributed by atoms with Crippen LogP contribution in [0.15, 0.2) is 30.5 Å². The van der Waals surface area contributed by atoms with Crippen LogP contribution in [0.2, 0.25) is 0 Å². The van der Waals surface area contributed by atoms with Gasteiger partial charge in [-0.15, -0.1) is 0 Å². The molecule has 1 aromatic heterocycles. The summed E-state index contributed by atoms with van der Waals surface area (Å²) >= 11 is 0. The van der Waals surface area contributed by atoms with E-state index in [1.807, 2.05) is 0 Å². The standard InChI is InChI=1S/C16H23N3/c1-12-6-7-19(14(8-12)9-17)11-13-10-18-16-5-3-2-4-15(13)16/h2-5,10,12,14,18H,6-9,11,17H2,1H3. The van der Waals surface area contributed by atoms with E-state index in [4.69, 9.17) is 5.73 Å². The highest BCUT2D eigenvalue weighted by Crippen LogP contribution is 2.26. The number of aromatic nitrogens is 1. The number of aromatic amines is 1. The van der Waals surface area contributed by atoms with Crippen LogP contribution in [0.4, 0.5) is 0 Å². The van der Waals surface area contributed by atoms with E-state index in [1.165, 1.54) is 35.9 Å². The Bertz CT molecular complexity index is 546. The van der Waals surface area contributed by atoms with Crippen LogP contribution >= 0.6 is 0 Å². The number of hydrogen-bond donors (Lipinski definition) is 2. The van der Waals surface area contributed by atoms with E-state index >= 15 is 0 Å². The Hall–Kier alpha value is -1.32. The lowest BCUT2D eigenvalue weighted by molar-refractivity contribution is 0.115. The van der Waals surface area contributed by atoms with Gasteiger partial charge in [-0.3, -0.25) is 4.90 Å². The summed E-state index contributed by atoms with van der Waals surface area (Å²) in [4.78, 5) is 5.91. The Kier molecular flexibility index (Phi) is 3.58. The average Bonchev–Trinajstić information content (AvgIpc) is 2.84. The molecule has 0 saturated carbocycles. The second-order valence-corrected chi connectivity index (χ2v) is 5.85. The maximum atomic E-state index is 5.95. The number of likely N-dealkylation sites (tertiary alicyclic amines) is 1. The molecule has 1 fully saturated rings. The molecule has 0 radical (unpaired) electrons. The fraction of sp³-hybridized carbons (Fsp3) is 0.500. The van der Waals surface area contributed by atoms with Crippen molar-refractivity contribution in [3.05, 3.63) is 36.0 Å². The molecule has 1 aliphatic rings. The minimum atomic E-state index is 0.539. The minimum Gasteiger partial charge on any atom is -0.361 e. The van der Waals surface area contributed by atoms with Gasteiger partial charge in [0.05, 0.1) is 0 Å². The molecule has 3 rings (SSSR count). The zero-order valence-electron chi connectivity index (χ0n) is 11.6. The maximum Gasteiger partial charge on any atom is 0.0457 e. The van der Waals surface area contributed by atoms with Gasteiger partial charge in [0, 0.05) is 36.2 Å². The van der Waals surface area contributed by atoms with Crippen LogP contribution in [-0.4, -0.2) is 29.0 Å². The largest absolute Gasteiger partial charge is 0.361 e. The molecule has 0 bridgehead atoms. The maximum absolute atomic E-state index is 5.95. The molecular weight excluding hydrogens is 234 g/mol. The fourth-order valence-corrected chi connectivity index (χ4v) is 3.23. The molecule has 2 heterocycles. The van der Waals surface area contributed by atoms with Crippen molar-refractivity contribution in [3.8, 4) is 0 Å². The summed E-state index contributed by atoms with van der Waals surface area (Å²) in [5.74, 6) is 0.813. The quantitative estimate of drug-likeness (QED) is 0.888. The number of para-hydroxylation sites is 1. The monoisotopic (exact) mass is 257 g/mol. The summed E-state index contributed by atoms with van der Waals surface area (Å²) in [5, 5.41) is 1.34. The van der Waals surface area contributed by atoms with E-state index in [0.717, 1.165) is 19.0 Å². The molecular formula is C16H23N3. The van der Waals surface area contributed by atoms with Crippen LogP contribution < -0.4 is 5.73 Å². The predicted octanol–water partition coefficient (Wildman–Crippen LogP) is 2.73. The van der Waals surface area contributed by atoms with E-state index in [-0.39, 0.29) is 0 Å². The van der Waals surface area contributed by atoms with Crippen molar-refractivity contribution in [2.75, 3.05) is 13.1 Å². The van der Waals surface area contributed by atoms with Gasteiger partial charge < -0.3 is 10.7 Å². The van der Waals surface area contributed by atoms with Crippen molar-refractivity contribution in [1.82, 2.24) is 9.88 Å². The number of nitrogens with zero attached hydrogens (tertiary/aromatic N) is 1. The van der Waals surface area contributed by atoms with Gasteiger partial charge in [-0.2, -0.15) is 0 Å². The molecule has 3 nitrogen and oxygen atoms in total. The van der Waals surface area contributed by atoms with Crippen LogP contribution in [0.3, 0.4) is 0 Å². The first kappa shape index (κ1) is 12.7. The molecule has 1 aromatic carbocycles. The molecule has 3 N–H and O–H groups in total. The third kappa shape index (κ3) is 2.53. The molecule has 1 saturated heterocycles. The first-order chi connectivity index (χ1) is 9.28. The predicted molar refractivity (Wildman–Crippen MR) is 79.9 cm³/mol. The summed E-state index contributed by atoms with van der Waals surface area (Å²) in [7, 11) is 0. The number of rotatable bonds is 3. The Morgan fingerprint density at radius 2 is 2.21 bits per heavy atom. The Morgan fingerprint density at radius 1 is 1.37 bits per heavy atom. The van der Waals surface area contributed by atoms with Crippen LogP contribution in [0.1, 0.15) is 25.3 Å². The van der Waals surface area contributed by atoms with Crippen molar-refractivity contribution in [2.24, 2.45) is 11.7 Å². The molecule has 0 spiro atoms. The Balaban J connectivity index is 1.80. The van der Waals surface area contributed by atoms with Crippen molar-refractivity contribution in [3.63, 3.8) is 0 Å². The van der Waals surface area contributed by atoms with Gasteiger partial charge in [0.25, 0.3) is 0 Å². The normalized spacial score (nSPS) is 24.9. The van der Waals surface area contributed by atoms with Crippen molar-refractivity contribution >= 4 is 10.9 Å². The first-order valence-corrected chi connectivity index (χ1v) is 7.27. The van der Waals surface area contributed by atoms with Gasteiger partial charge in [0.15, 0.2) is 0 Å². The van der Waals surface area contributed by atoms with Crippen molar-refractivity contribution in [2.45, 2.75) is 32.4 Å². The zero-order valence-corrected chi connectivity index (χ0v) is 11.6. The van der Waals surface area contributed by atoms with Gasteiger partial charge in [-0.1, -0.05) is 25.1 Å².